The quantitative estimate of drug-likeness (QED) is 0.827. The first-order valence-corrected chi connectivity index (χ1v) is 7.73. The molecular weight excluding hydrogens is 258 g/mol. The summed E-state index contributed by atoms with van der Waals surface area (Å²) in [6.07, 6.45) is 2.75. The van der Waals surface area contributed by atoms with E-state index in [4.69, 9.17) is 0 Å². The average Bonchev–Trinajstić information content (AvgIpc) is 2.93. The standard InChI is InChI=1S/C19H21NO/c1-2-16-6-3-4-7-18(16)17-11-9-15(10-12-17)14-20-13-5-8-19(20)21/h3-4,6-7,9-12H,2,5,8,13-14H2,1H3. The first-order chi connectivity index (χ1) is 10.3. The van der Waals surface area contributed by atoms with Crippen molar-refractivity contribution in [1.29, 1.82) is 0 Å². The van der Waals surface area contributed by atoms with Crippen LogP contribution in [0.1, 0.15) is 30.9 Å². The summed E-state index contributed by atoms with van der Waals surface area (Å²) in [5.74, 6) is 0.287. The molecule has 1 fully saturated rings. The van der Waals surface area contributed by atoms with Crippen LogP contribution in [0.4, 0.5) is 0 Å². The zero-order valence-corrected chi connectivity index (χ0v) is 12.5. The number of benzene rings is 2. The van der Waals surface area contributed by atoms with Crippen LogP contribution in [0.2, 0.25) is 0 Å². The topological polar surface area (TPSA) is 20.3 Å². The second kappa shape index (κ2) is 6.13. The third-order valence-corrected chi connectivity index (χ3v) is 4.21. The number of amides is 1. The molecule has 0 unspecified atom stereocenters. The molecule has 2 heteroatoms. The molecule has 3 rings (SSSR count). The summed E-state index contributed by atoms with van der Waals surface area (Å²) in [6, 6.07) is 17.2. The van der Waals surface area contributed by atoms with Crippen LogP contribution >= 0.6 is 0 Å². The fourth-order valence-corrected chi connectivity index (χ4v) is 2.99. The molecule has 0 aromatic heterocycles. The molecule has 1 aliphatic heterocycles. The molecule has 108 valence electrons. The summed E-state index contributed by atoms with van der Waals surface area (Å²) in [7, 11) is 0. The molecule has 1 amide bonds. The first kappa shape index (κ1) is 13.9. The van der Waals surface area contributed by atoms with E-state index in [-0.39, 0.29) is 5.91 Å². The van der Waals surface area contributed by atoms with Crippen molar-refractivity contribution in [2.45, 2.75) is 32.7 Å². The lowest BCUT2D eigenvalue weighted by molar-refractivity contribution is -0.128. The van der Waals surface area contributed by atoms with Gasteiger partial charge in [0.15, 0.2) is 0 Å². The molecule has 21 heavy (non-hydrogen) atoms. The first-order valence-electron chi connectivity index (χ1n) is 7.73. The smallest absolute Gasteiger partial charge is 0.222 e. The second-order valence-electron chi connectivity index (χ2n) is 5.63. The van der Waals surface area contributed by atoms with Crippen molar-refractivity contribution in [1.82, 2.24) is 4.90 Å². The summed E-state index contributed by atoms with van der Waals surface area (Å²) in [5, 5.41) is 0. The molecule has 1 heterocycles. The van der Waals surface area contributed by atoms with Gasteiger partial charge in [0.2, 0.25) is 5.91 Å². The lowest BCUT2D eigenvalue weighted by Crippen LogP contribution is -2.23. The van der Waals surface area contributed by atoms with Gasteiger partial charge in [-0.2, -0.15) is 0 Å². The van der Waals surface area contributed by atoms with E-state index in [0.29, 0.717) is 6.42 Å². The Balaban J connectivity index is 1.79. The molecule has 0 aliphatic carbocycles. The molecule has 0 radical (unpaired) electrons. The monoisotopic (exact) mass is 279 g/mol. The van der Waals surface area contributed by atoms with E-state index >= 15 is 0 Å². The molecule has 1 saturated heterocycles. The zero-order chi connectivity index (χ0) is 14.7. The highest BCUT2D eigenvalue weighted by Gasteiger charge is 2.19. The van der Waals surface area contributed by atoms with Crippen molar-refractivity contribution in [2.24, 2.45) is 0 Å². The van der Waals surface area contributed by atoms with Gasteiger partial charge in [-0.05, 0) is 35.1 Å². The molecule has 2 aromatic carbocycles. The normalized spacial score (nSPS) is 14.7. The molecule has 2 aromatic rings. The van der Waals surface area contributed by atoms with Gasteiger partial charge in [-0.1, -0.05) is 55.5 Å². The van der Waals surface area contributed by atoms with Gasteiger partial charge >= 0.3 is 0 Å². The van der Waals surface area contributed by atoms with Gasteiger partial charge in [0, 0.05) is 19.5 Å². The van der Waals surface area contributed by atoms with E-state index in [9.17, 15) is 4.79 Å². The number of rotatable bonds is 4. The number of hydrogen-bond acceptors (Lipinski definition) is 1. The van der Waals surface area contributed by atoms with Gasteiger partial charge < -0.3 is 4.90 Å². The van der Waals surface area contributed by atoms with Crippen molar-refractivity contribution >= 4 is 5.91 Å². The van der Waals surface area contributed by atoms with Crippen molar-refractivity contribution in [2.75, 3.05) is 6.54 Å². The Hall–Kier alpha value is -2.09. The number of likely N-dealkylation sites (tertiary alicyclic amines) is 1. The van der Waals surface area contributed by atoms with Crippen molar-refractivity contribution in [3.05, 3.63) is 59.7 Å². The van der Waals surface area contributed by atoms with E-state index in [1.807, 2.05) is 4.90 Å². The molecule has 0 bridgehead atoms. The van der Waals surface area contributed by atoms with Crippen LogP contribution in [0.5, 0.6) is 0 Å². The average molecular weight is 279 g/mol. The maximum absolute atomic E-state index is 11.7. The maximum Gasteiger partial charge on any atom is 0.222 e. The Morgan fingerprint density at radius 3 is 2.48 bits per heavy atom. The van der Waals surface area contributed by atoms with E-state index in [2.05, 4.69) is 55.5 Å². The van der Waals surface area contributed by atoms with E-state index in [1.54, 1.807) is 0 Å². The maximum atomic E-state index is 11.7. The van der Waals surface area contributed by atoms with Gasteiger partial charge in [0.25, 0.3) is 0 Å². The molecule has 1 aliphatic rings. The molecule has 0 N–H and O–H groups in total. The minimum Gasteiger partial charge on any atom is -0.338 e. The third-order valence-electron chi connectivity index (χ3n) is 4.21. The predicted molar refractivity (Wildman–Crippen MR) is 85.9 cm³/mol. The van der Waals surface area contributed by atoms with Crippen LogP contribution in [-0.4, -0.2) is 17.4 Å². The summed E-state index contributed by atoms with van der Waals surface area (Å²) in [6.45, 7) is 3.83. The van der Waals surface area contributed by atoms with Crippen molar-refractivity contribution in [3.63, 3.8) is 0 Å². The van der Waals surface area contributed by atoms with Crippen molar-refractivity contribution in [3.8, 4) is 11.1 Å². The van der Waals surface area contributed by atoms with Crippen LogP contribution in [0.25, 0.3) is 11.1 Å². The summed E-state index contributed by atoms with van der Waals surface area (Å²) in [4.78, 5) is 13.6. The summed E-state index contributed by atoms with van der Waals surface area (Å²) in [5.41, 5.74) is 5.15. The van der Waals surface area contributed by atoms with Crippen LogP contribution in [0.3, 0.4) is 0 Å². The predicted octanol–water partition coefficient (Wildman–Crippen LogP) is 4.04. The number of aryl methyl sites for hydroxylation is 1. The van der Waals surface area contributed by atoms with E-state index in [1.165, 1.54) is 22.3 Å². The van der Waals surface area contributed by atoms with Crippen LogP contribution < -0.4 is 0 Å². The van der Waals surface area contributed by atoms with Gasteiger partial charge in [0.1, 0.15) is 0 Å². The molecule has 0 atom stereocenters. The van der Waals surface area contributed by atoms with Crippen LogP contribution in [0.15, 0.2) is 48.5 Å². The number of carbonyl (C=O) groups excluding carboxylic acids is 1. The number of carbonyl (C=O) groups is 1. The SMILES string of the molecule is CCc1ccccc1-c1ccc(CN2CCCC2=O)cc1. The highest BCUT2D eigenvalue weighted by atomic mass is 16.2. The second-order valence-corrected chi connectivity index (χ2v) is 5.63. The number of hydrogen-bond donors (Lipinski definition) is 0. The fraction of sp³-hybridized carbons (Fsp3) is 0.316. The molecule has 2 nitrogen and oxygen atoms in total. The molecule has 0 spiro atoms. The minimum atomic E-state index is 0.287. The van der Waals surface area contributed by atoms with Gasteiger partial charge in [0.05, 0.1) is 0 Å². The zero-order valence-electron chi connectivity index (χ0n) is 12.5. The van der Waals surface area contributed by atoms with Gasteiger partial charge in [-0.25, -0.2) is 0 Å². The lowest BCUT2D eigenvalue weighted by atomic mass is 9.97. The van der Waals surface area contributed by atoms with Crippen molar-refractivity contribution < 1.29 is 4.79 Å². The number of nitrogens with zero attached hydrogens (tertiary/aromatic N) is 1. The summed E-state index contributed by atoms with van der Waals surface area (Å²) >= 11 is 0. The lowest BCUT2D eigenvalue weighted by Gasteiger charge is -2.16. The van der Waals surface area contributed by atoms with Gasteiger partial charge in [-0.3, -0.25) is 4.79 Å². The Kier molecular flexibility index (Phi) is 4.05. The van der Waals surface area contributed by atoms with Crippen LogP contribution in [-0.2, 0) is 17.8 Å². The fourth-order valence-electron chi connectivity index (χ4n) is 2.99. The summed E-state index contributed by atoms with van der Waals surface area (Å²) < 4.78 is 0. The highest BCUT2D eigenvalue weighted by molar-refractivity contribution is 5.78. The van der Waals surface area contributed by atoms with E-state index in [0.717, 1.165) is 25.9 Å². The highest BCUT2D eigenvalue weighted by Crippen LogP contribution is 2.25. The van der Waals surface area contributed by atoms with Gasteiger partial charge in [-0.15, -0.1) is 0 Å². The Bertz CT molecular complexity index is 630. The van der Waals surface area contributed by atoms with E-state index < -0.39 is 0 Å². The minimum absolute atomic E-state index is 0.287. The Morgan fingerprint density at radius 2 is 1.81 bits per heavy atom. The van der Waals surface area contributed by atoms with Crippen LogP contribution in [0, 0.1) is 0 Å². The molecular formula is C19H21NO. The Labute approximate surface area is 126 Å². The third kappa shape index (κ3) is 2.99. The largest absolute Gasteiger partial charge is 0.338 e. The Morgan fingerprint density at radius 1 is 1.05 bits per heavy atom. The molecule has 0 saturated carbocycles.